The Bertz CT molecular complexity index is 308. The summed E-state index contributed by atoms with van der Waals surface area (Å²) in [4.78, 5) is 23.0. The van der Waals surface area contributed by atoms with Crippen LogP contribution in [0.25, 0.3) is 0 Å². The van der Waals surface area contributed by atoms with Gasteiger partial charge in [-0.25, -0.2) is 0 Å². The van der Waals surface area contributed by atoms with Gasteiger partial charge >= 0.3 is 5.97 Å². The summed E-state index contributed by atoms with van der Waals surface area (Å²) in [6.45, 7) is 0. The lowest BCUT2D eigenvalue weighted by Gasteiger charge is -2.19. The fraction of sp³-hybridized carbons (Fsp3) is 0.857. The predicted octanol–water partition coefficient (Wildman–Crippen LogP) is 2.33. The van der Waals surface area contributed by atoms with Crippen molar-refractivity contribution in [1.29, 1.82) is 0 Å². The molecule has 2 aliphatic rings. The van der Waals surface area contributed by atoms with Crippen LogP contribution in [-0.2, 0) is 9.59 Å². The zero-order chi connectivity index (χ0) is 13.0. The van der Waals surface area contributed by atoms with Gasteiger partial charge in [0.25, 0.3) is 0 Å². The molecular formula is C14H23NO3. The Balaban J connectivity index is 1.79. The molecule has 0 spiro atoms. The number of carboxylic acids is 1. The molecule has 2 fully saturated rings. The molecule has 0 aromatic carbocycles. The van der Waals surface area contributed by atoms with Gasteiger partial charge in [0.05, 0.1) is 5.92 Å². The normalized spacial score (nSPS) is 29.8. The monoisotopic (exact) mass is 253 g/mol. The van der Waals surface area contributed by atoms with Crippen LogP contribution in [0.5, 0.6) is 0 Å². The van der Waals surface area contributed by atoms with Crippen LogP contribution >= 0.6 is 0 Å². The zero-order valence-electron chi connectivity index (χ0n) is 10.9. The van der Waals surface area contributed by atoms with E-state index in [1.165, 1.54) is 25.7 Å². The minimum atomic E-state index is -0.750. The molecule has 0 aliphatic heterocycles. The van der Waals surface area contributed by atoms with Crippen molar-refractivity contribution in [2.75, 3.05) is 0 Å². The van der Waals surface area contributed by atoms with E-state index < -0.39 is 5.97 Å². The van der Waals surface area contributed by atoms with Gasteiger partial charge in [-0.15, -0.1) is 0 Å². The van der Waals surface area contributed by atoms with Crippen LogP contribution in [0.1, 0.15) is 57.8 Å². The highest BCUT2D eigenvalue weighted by Crippen LogP contribution is 2.31. The Morgan fingerprint density at radius 2 is 1.50 bits per heavy atom. The molecule has 0 aromatic heterocycles. The second-order valence-corrected chi connectivity index (χ2v) is 5.74. The topological polar surface area (TPSA) is 66.4 Å². The molecule has 1 amide bonds. The highest BCUT2D eigenvalue weighted by atomic mass is 16.4. The Kier molecular flexibility index (Phi) is 4.61. The first-order valence-corrected chi connectivity index (χ1v) is 7.20. The van der Waals surface area contributed by atoms with Crippen molar-refractivity contribution >= 4 is 11.9 Å². The summed E-state index contributed by atoms with van der Waals surface area (Å²) in [5, 5.41) is 12.1. The van der Waals surface area contributed by atoms with Crippen molar-refractivity contribution in [3.05, 3.63) is 0 Å². The van der Waals surface area contributed by atoms with E-state index in [2.05, 4.69) is 5.32 Å². The van der Waals surface area contributed by atoms with Gasteiger partial charge in [-0.2, -0.15) is 0 Å². The minimum Gasteiger partial charge on any atom is -0.481 e. The molecule has 0 radical (unpaired) electrons. The third kappa shape index (κ3) is 3.47. The molecule has 0 heterocycles. The number of carbonyl (C=O) groups excluding carboxylic acids is 1. The first kappa shape index (κ1) is 13.4. The van der Waals surface area contributed by atoms with Crippen LogP contribution in [0.4, 0.5) is 0 Å². The smallest absolute Gasteiger partial charge is 0.306 e. The molecular weight excluding hydrogens is 230 g/mol. The van der Waals surface area contributed by atoms with Gasteiger partial charge in [0, 0.05) is 12.0 Å². The first-order valence-electron chi connectivity index (χ1n) is 7.20. The van der Waals surface area contributed by atoms with Crippen molar-refractivity contribution in [1.82, 2.24) is 5.32 Å². The molecule has 18 heavy (non-hydrogen) atoms. The van der Waals surface area contributed by atoms with E-state index >= 15 is 0 Å². The summed E-state index contributed by atoms with van der Waals surface area (Å²) in [6, 6.07) is 0.323. The van der Waals surface area contributed by atoms with Gasteiger partial charge in [0.1, 0.15) is 0 Å². The summed E-state index contributed by atoms with van der Waals surface area (Å²) in [7, 11) is 0. The quantitative estimate of drug-likeness (QED) is 0.759. The summed E-state index contributed by atoms with van der Waals surface area (Å²) >= 11 is 0. The third-order valence-corrected chi connectivity index (χ3v) is 4.35. The Labute approximate surface area is 108 Å². The number of rotatable bonds is 3. The van der Waals surface area contributed by atoms with Crippen molar-refractivity contribution in [2.45, 2.75) is 63.8 Å². The van der Waals surface area contributed by atoms with Crippen molar-refractivity contribution in [3.63, 3.8) is 0 Å². The number of aliphatic carboxylic acids is 1. The van der Waals surface area contributed by atoms with E-state index in [4.69, 9.17) is 5.11 Å². The highest BCUT2D eigenvalue weighted by Gasteiger charge is 2.34. The summed E-state index contributed by atoms with van der Waals surface area (Å²) in [5.74, 6) is -1.05. The molecule has 4 heteroatoms. The number of hydrogen-bond acceptors (Lipinski definition) is 2. The van der Waals surface area contributed by atoms with E-state index in [1.807, 2.05) is 0 Å². The van der Waals surface area contributed by atoms with Crippen LogP contribution in [0.3, 0.4) is 0 Å². The van der Waals surface area contributed by atoms with Gasteiger partial charge in [0.2, 0.25) is 5.91 Å². The second-order valence-electron chi connectivity index (χ2n) is 5.74. The van der Waals surface area contributed by atoms with Gasteiger partial charge in [-0.1, -0.05) is 25.7 Å². The van der Waals surface area contributed by atoms with E-state index in [0.717, 1.165) is 19.3 Å². The molecule has 0 aromatic rings. The van der Waals surface area contributed by atoms with Crippen molar-refractivity contribution < 1.29 is 14.7 Å². The molecule has 102 valence electrons. The molecule has 0 unspecified atom stereocenters. The predicted molar refractivity (Wildman–Crippen MR) is 68.1 cm³/mol. The van der Waals surface area contributed by atoms with Gasteiger partial charge in [0.15, 0.2) is 0 Å². The lowest BCUT2D eigenvalue weighted by atomic mass is 10.0. The summed E-state index contributed by atoms with van der Waals surface area (Å²) in [5.41, 5.74) is 0. The maximum Gasteiger partial charge on any atom is 0.306 e. The number of amides is 1. The number of hydrogen-bond donors (Lipinski definition) is 2. The maximum absolute atomic E-state index is 12.1. The van der Waals surface area contributed by atoms with E-state index in [1.54, 1.807) is 0 Å². The molecule has 0 saturated heterocycles. The van der Waals surface area contributed by atoms with E-state index in [-0.39, 0.29) is 17.7 Å². The lowest BCUT2D eigenvalue weighted by molar-refractivity contribution is -0.141. The SMILES string of the molecule is O=C(O)[C@H]1CC[C@@H](C(=O)NC2CCCCCC2)C1. The van der Waals surface area contributed by atoms with Crippen LogP contribution in [0, 0.1) is 11.8 Å². The van der Waals surface area contributed by atoms with Crippen LogP contribution < -0.4 is 5.32 Å². The summed E-state index contributed by atoms with van der Waals surface area (Å²) < 4.78 is 0. The van der Waals surface area contributed by atoms with Crippen LogP contribution in [0.2, 0.25) is 0 Å². The average Bonchev–Trinajstić information content (AvgIpc) is 2.70. The first-order chi connectivity index (χ1) is 8.66. The summed E-state index contributed by atoms with van der Waals surface area (Å²) in [6.07, 6.45) is 9.03. The Morgan fingerprint density at radius 1 is 0.889 bits per heavy atom. The molecule has 2 rings (SSSR count). The van der Waals surface area contributed by atoms with Gasteiger partial charge in [-0.05, 0) is 32.1 Å². The van der Waals surface area contributed by atoms with Gasteiger partial charge in [-0.3, -0.25) is 9.59 Å². The van der Waals surface area contributed by atoms with Crippen LogP contribution in [0.15, 0.2) is 0 Å². The molecule has 2 saturated carbocycles. The molecule has 2 atom stereocenters. The van der Waals surface area contributed by atoms with Crippen molar-refractivity contribution in [3.8, 4) is 0 Å². The average molecular weight is 253 g/mol. The number of carbonyl (C=O) groups is 2. The fourth-order valence-corrected chi connectivity index (χ4v) is 3.19. The highest BCUT2D eigenvalue weighted by molar-refractivity contribution is 5.81. The zero-order valence-corrected chi connectivity index (χ0v) is 10.9. The Morgan fingerprint density at radius 3 is 2.06 bits per heavy atom. The largest absolute Gasteiger partial charge is 0.481 e. The molecule has 4 nitrogen and oxygen atoms in total. The standard InChI is InChI=1S/C14H23NO3/c16-13(10-7-8-11(9-10)14(17)18)15-12-5-3-1-2-4-6-12/h10-12H,1-9H2,(H,15,16)(H,17,18)/t10-,11+/m1/s1. The lowest BCUT2D eigenvalue weighted by Crippen LogP contribution is -2.38. The third-order valence-electron chi connectivity index (χ3n) is 4.35. The molecule has 2 N–H and O–H groups in total. The van der Waals surface area contributed by atoms with E-state index in [9.17, 15) is 9.59 Å². The van der Waals surface area contributed by atoms with Gasteiger partial charge < -0.3 is 10.4 Å². The second kappa shape index (κ2) is 6.21. The number of carboxylic acid groups (broad SMARTS) is 1. The Hall–Kier alpha value is -1.06. The maximum atomic E-state index is 12.1. The number of nitrogens with one attached hydrogen (secondary N) is 1. The van der Waals surface area contributed by atoms with Crippen molar-refractivity contribution in [2.24, 2.45) is 11.8 Å². The van der Waals surface area contributed by atoms with E-state index in [0.29, 0.717) is 18.9 Å². The van der Waals surface area contributed by atoms with Crippen LogP contribution in [-0.4, -0.2) is 23.0 Å². The fourth-order valence-electron chi connectivity index (χ4n) is 3.19. The minimum absolute atomic E-state index is 0.0747. The molecule has 2 aliphatic carbocycles. The molecule has 0 bridgehead atoms.